The molecular weight excluding hydrogens is 420 g/mol. The molecule has 0 saturated carbocycles. The molecule has 2 aromatic carbocycles. The van der Waals surface area contributed by atoms with Crippen molar-refractivity contribution in [1.29, 1.82) is 0 Å². The summed E-state index contributed by atoms with van der Waals surface area (Å²) in [5, 5.41) is 14.7. The molecule has 3 aromatic rings. The van der Waals surface area contributed by atoms with Gasteiger partial charge in [0.25, 0.3) is 5.91 Å². The molecule has 156 valence electrons. The predicted molar refractivity (Wildman–Crippen MR) is 120 cm³/mol. The largest absolute Gasteiger partial charge is 0.497 e. The van der Waals surface area contributed by atoms with Crippen LogP contribution in [0.15, 0.2) is 48.5 Å². The molecule has 0 unspecified atom stereocenters. The average Bonchev–Trinajstić information content (AvgIpc) is 3.23. The fourth-order valence-electron chi connectivity index (χ4n) is 2.45. The molecule has 0 bridgehead atoms. The Bertz CT molecular complexity index is 988. The second-order valence-electron chi connectivity index (χ2n) is 6.44. The van der Waals surface area contributed by atoms with Crippen molar-refractivity contribution in [2.75, 3.05) is 18.2 Å². The zero-order chi connectivity index (χ0) is 21.3. The number of ether oxygens (including phenoxy) is 1. The van der Waals surface area contributed by atoms with Gasteiger partial charge in [-0.25, -0.2) is 0 Å². The van der Waals surface area contributed by atoms with Crippen LogP contribution in [-0.2, 0) is 17.1 Å². The first-order chi connectivity index (χ1) is 14.5. The van der Waals surface area contributed by atoms with E-state index in [1.165, 1.54) is 23.1 Å². The highest BCUT2D eigenvalue weighted by Crippen LogP contribution is 2.18. The minimum atomic E-state index is -0.287. The van der Waals surface area contributed by atoms with E-state index in [1.54, 1.807) is 7.11 Å². The number of methoxy groups -OCH3 is 1. The van der Waals surface area contributed by atoms with Crippen LogP contribution in [0.25, 0.3) is 0 Å². The molecule has 0 saturated heterocycles. The monoisotopic (exact) mass is 442 g/mol. The molecule has 2 amide bonds. The third kappa shape index (κ3) is 6.57. The Morgan fingerprint density at radius 2 is 1.80 bits per heavy atom. The van der Waals surface area contributed by atoms with Crippen LogP contribution in [0.4, 0.5) is 5.69 Å². The zero-order valence-corrected chi connectivity index (χ0v) is 18.3. The van der Waals surface area contributed by atoms with E-state index >= 15 is 0 Å². The first kappa shape index (κ1) is 21.8. The van der Waals surface area contributed by atoms with Crippen molar-refractivity contribution >= 4 is 40.6 Å². The van der Waals surface area contributed by atoms with E-state index in [0.717, 1.165) is 16.9 Å². The topological polar surface area (TPSA) is 93.2 Å². The molecular formula is C21H22N4O3S2. The Hall–Kier alpha value is -2.91. The van der Waals surface area contributed by atoms with E-state index in [4.69, 9.17) is 4.74 Å². The molecule has 1 heterocycles. The lowest BCUT2D eigenvalue weighted by atomic mass is 10.2. The summed E-state index contributed by atoms with van der Waals surface area (Å²) in [5.41, 5.74) is 2.84. The molecule has 0 radical (unpaired) electrons. The van der Waals surface area contributed by atoms with Crippen LogP contribution >= 0.6 is 23.1 Å². The van der Waals surface area contributed by atoms with Crippen LogP contribution in [0.3, 0.4) is 0 Å². The Balaban J connectivity index is 1.39. The van der Waals surface area contributed by atoms with E-state index in [-0.39, 0.29) is 11.8 Å². The number of hydrogen-bond acceptors (Lipinski definition) is 7. The minimum Gasteiger partial charge on any atom is -0.497 e. The fraction of sp³-hybridized carbons (Fsp3) is 0.238. The number of aryl methyl sites for hydroxylation is 1. The summed E-state index contributed by atoms with van der Waals surface area (Å²) >= 11 is 2.66. The number of benzene rings is 2. The van der Waals surface area contributed by atoms with E-state index in [1.807, 2.05) is 55.5 Å². The second kappa shape index (κ2) is 10.7. The summed E-state index contributed by atoms with van der Waals surface area (Å²) in [6, 6.07) is 15.1. The molecule has 7 nitrogen and oxygen atoms in total. The SMILES string of the molecule is COc1ccc(CNC(=O)CSCc2nnc(C(=O)Nc3ccc(C)cc3)s2)cc1. The van der Waals surface area contributed by atoms with Crippen LogP contribution in [-0.4, -0.2) is 34.9 Å². The van der Waals surface area contributed by atoms with Crippen molar-refractivity contribution in [3.05, 3.63) is 69.7 Å². The van der Waals surface area contributed by atoms with Gasteiger partial charge in [-0.1, -0.05) is 41.2 Å². The average molecular weight is 443 g/mol. The summed E-state index contributed by atoms with van der Waals surface area (Å²) in [7, 11) is 1.62. The Kier molecular flexibility index (Phi) is 7.81. The first-order valence-electron chi connectivity index (χ1n) is 9.21. The maximum absolute atomic E-state index is 12.3. The van der Waals surface area contributed by atoms with Gasteiger partial charge in [0.1, 0.15) is 10.8 Å². The summed E-state index contributed by atoms with van der Waals surface area (Å²) in [5.74, 6) is 1.26. The molecule has 0 fully saturated rings. The summed E-state index contributed by atoms with van der Waals surface area (Å²) in [6.07, 6.45) is 0. The molecule has 1 aromatic heterocycles. The number of hydrogen-bond donors (Lipinski definition) is 2. The second-order valence-corrected chi connectivity index (χ2v) is 8.49. The third-order valence-electron chi connectivity index (χ3n) is 4.08. The molecule has 0 aliphatic carbocycles. The molecule has 0 spiro atoms. The normalized spacial score (nSPS) is 10.5. The standard InChI is InChI=1S/C21H22N4O3S2/c1-14-3-7-16(8-4-14)23-20(27)21-25-24-19(30-21)13-29-12-18(26)22-11-15-5-9-17(28-2)10-6-15/h3-10H,11-13H2,1-2H3,(H,22,26)(H,23,27). The van der Waals surface area contributed by atoms with Crippen LogP contribution in [0.5, 0.6) is 5.75 Å². The number of nitrogens with one attached hydrogen (secondary N) is 2. The maximum atomic E-state index is 12.3. The molecule has 2 N–H and O–H groups in total. The van der Waals surface area contributed by atoms with Gasteiger partial charge in [-0.2, -0.15) is 0 Å². The van der Waals surface area contributed by atoms with Gasteiger partial charge in [0.15, 0.2) is 0 Å². The highest BCUT2D eigenvalue weighted by molar-refractivity contribution is 7.99. The minimum absolute atomic E-state index is 0.0577. The van der Waals surface area contributed by atoms with Crippen LogP contribution < -0.4 is 15.4 Å². The van der Waals surface area contributed by atoms with Crippen molar-refractivity contribution in [2.24, 2.45) is 0 Å². The number of amides is 2. The number of carbonyl (C=O) groups excluding carboxylic acids is 2. The number of nitrogens with zero attached hydrogens (tertiary/aromatic N) is 2. The van der Waals surface area contributed by atoms with E-state index in [0.29, 0.717) is 33.8 Å². The van der Waals surface area contributed by atoms with Gasteiger partial charge in [-0.3, -0.25) is 9.59 Å². The highest BCUT2D eigenvalue weighted by Gasteiger charge is 2.13. The molecule has 0 atom stereocenters. The van der Waals surface area contributed by atoms with Gasteiger partial charge in [0.05, 0.1) is 12.9 Å². The van der Waals surface area contributed by atoms with Crippen molar-refractivity contribution in [3.8, 4) is 5.75 Å². The van der Waals surface area contributed by atoms with Crippen LogP contribution in [0.2, 0.25) is 0 Å². The molecule has 9 heteroatoms. The molecule has 3 rings (SSSR count). The van der Waals surface area contributed by atoms with E-state index in [9.17, 15) is 9.59 Å². The third-order valence-corrected chi connectivity index (χ3v) is 6.13. The number of aromatic nitrogens is 2. The quantitative estimate of drug-likeness (QED) is 0.525. The van der Waals surface area contributed by atoms with Crippen LogP contribution in [0, 0.1) is 6.92 Å². The predicted octanol–water partition coefficient (Wildman–Crippen LogP) is 3.66. The van der Waals surface area contributed by atoms with Gasteiger partial charge >= 0.3 is 0 Å². The van der Waals surface area contributed by atoms with Crippen molar-refractivity contribution in [2.45, 2.75) is 19.2 Å². The number of carbonyl (C=O) groups is 2. The lowest BCUT2D eigenvalue weighted by Gasteiger charge is -2.06. The van der Waals surface area contributed by atoms with Gasteiger partial charge in [-0.05, 0) is 36.8 Å². The maximum Gasteiger partial charge on any atom is 0.286 e. The van der Waals surface area contributed by atoms with Crippen molar-refractivity contribution in [1.82, 2.24) is 15.5 Å². The molecule has 30 heavy (non-hydrogen) atoms. The lowest BCUT2D eigenvalue weighted by Crippen LogP contribution is -2.24. The molecule has 0 aliphatic rings. The summed E-state index contributed by atoms with van der Waals surface area (Å²) in [6.45, 7) is 2.45. The Morgan fingerprint density at radius 1 is 1.07 bits per heavy atom. The summed E-state index contributed by atoms with van der Waals surface area (Å²) in [4.78, 5) is 24.3. The summed E-state index contributed by atoms with van der Waals surface area (Å²) < 4.78 is 5.11. The zero-order valence-electron chi connectivity index (χ0n) is 16.7. The number of anilines is 1. The number of thioether (sulfide) groups is 1. The fourth-order valence-corrected chi connectivity index (χ4v) is 4.09. The van der Waals surface area contributed by atoms with E-state index in [2.05, 4.69) is 20.8 Å². The highest BCUT2D eigenvalue weighted by atomic mass is 32.2. The molecule has 0 aliphatic heterocycles. The smallest absolute Gasteiger partial charge is 0.286 e. The van der Waals surface area contributed by atoms with Crippen molar-refractivity contribution < 1.29 is 14.3 Å². The lowest BCUT2D eigenvalue weighted by molar-refractivity contribution is -0.118. The van der Waals surface area contributed by atoms with Crippen molar-refractivity contribution in [3.63, 3.8) is 0 Å². The van der Waals surface area contributed by atoms with Gasteiger partial charge < -0.3 is 15.4 Å². The first-order valence-corrected chi connectivity index (χ1v) is 11.2. The van der Waals surface area contributed by atoms with Crippen LogP contribution in [0.1, 0.15) is 25.9 Å². The Morgan fingerprint density at radius 3 is 2.50 bits per heavy atom. The van der Waals surface area contributed by atoms with E-state index < -0.39 is 0 Å². The Labute approximate surface area is 183 Å². The number of rotatable bonds is 9. The van der Waals surface area contributed by atoms with Gasteiger partial charge in [0, 0.05) is 18.0 Å². The van der Waals surface area contributed by atoms with Gasteiger partial charge in [-0.15, -0.1) is 22.0 Å². The van der Waals surface area contributed by atoms with Gasteiger partial charge in [0.2, 0.25) is 10.9 Å².